The predicted octanol–water partition coefficient (Wildman–Crippen LogP) is 2.40. The molecule has 110 valence electrons. The number of amidine groups is 1. The van der Waals surface area contributed by atoms with Gasteiger partial charge in [-0.15, -0.1) is 0 Å². The maximum atomic E-state index is 11.5. The van der Waals surface area contributed by atoms with Gasteiger partial charge in [-0.1, -0.05) is 32.5 Å². The van der Waals surface area contributed by atoms with Crippen molar-refractivity contribution in [1.29, 1.82) is 0 Å². The van der Waals surface area contributed by atoms with Crippen molar-refractivity contribution in [3.05, 3.63) is 0 Å². The van der Waals surface area contributed by atoms with Gasteiger partial charge in [-0.25, -0.2) is 0 Å². The van der Waals surface area contributed by atoms with Crippen molar-refractivity contribution in [3.8, 4) is 0 Å². The van der Waals surface area contributed by atoms with Gasteiger partial charge in [0.2, 0.25) is 5.91 Å². The zero-order valence-electron chi connectivity index (χ0n) is 12.7. The fourth-order valence-electron chi connectivity index (χ4n) is 1.98. The minimum atomic E-state index is 0.0948. The molecule has 19 heavy (non-hydrogen) atoms. The molecular formula is C14H27N3OS. The van der Waals surface area contributed by atoms with Crippen molar-refractivity contribution >= 4 is 22.8 Å². The normalized spacial score (nSPS) is 19.5. The van der Waals surface area contributed by atoms with Gasteiger partial charge in [-0.2, -0.15) is 0 Å². The number of rotatable bonds is 5. The minimum Gasteiger partial charge on any atom is -0.364 e. The number of carbonyl (C=O) groups excluding carboxylic acids is 1. The summed E-state index contributed by atoms with van der Waals surface area (Å²) in [5, 5.41) is 7.70. The first-order chi connectivity index (χ1) is 8.76. The molecule has 0 aromatic carbocycles. The number of nitrogens with zero attached hydrogens (tertiary/aromatic N) is 1. The molecule has 5 heteroatoms. The highest BCUT2D eigenvalue weighted by atomic mass is 32.2. The lowest BCUT2D eigenvalue weighted by molar-refractivity contribution is -0.121. The summed E-state index contributed by atoms with van der Waals surface area (Å²) in [6.45, 7) is 12.3. The Morgan fingerprint density at radius 3 is 2.74 bits per heavy atom. The summed E-state index contributed by atoms with van der Waals surface area (Å²) in [4.78, 5) is 16.0. The van der Waals surface area contributed by atoms with Gasteiger partial charge in [-0.3, -0.25) is 9.79 Å². The van der Waals surface area contributed by atoms with Crippen LogP contribution in [0.1, 0.15) is 47.5 Å². The second-order valence-electron chi connectivity index (χ2n) is 6.55. The number of nitrogens with one attached hydrogen (secondary N) is 2. The van der Waals surface area contributed by atoms with E-state index >= 15 is 0 Å². The second-order valence-corrected chi connectivity index (χ2v) is 7.84. The molecule has 0 fully saturated rings. The fraction of sp³-hybridized carbons (Fsp3) is 0.857. The van der Waals surface area contributed by atoms with Crippen LogP contribution in [0.3, 0.4) is 0 Å². The van der Waals surface area contributed by atoms with Gasteiger partial charge in [0.05, 0.1) is 6.54 Å². The van der Waals surface area contributed by atoms with Crippen LogP contribution in [-0.4, -0.2) is 35.5 Å². The van der Waals surface area contributed by atoms with E-state index in [9.17, 15) is 4.79 Å². The van der Waals surface area contributed by atoms with E-state index in [1.165, 1.54) is 6.42 Å². The molecule has 0 saturated carbocycles. The summed E-state index contributed by atoms with van der Waals surface area (Å²) in [5.41, 5.74) is 0.347. The minimum absolute atomic E-state index is 0.0948. The van der Waals surface area contributed by atoms with E-state index in [2.05, 4.69) is 36.4 Å². The zero-order valence-corrected chi connectivity index (χ0v) is 13.6. The van der Waals surface area contributed by atoms with E-state index < -0.39 is 0 Å². The van der Waals surface area contributed by atoms with Crippen LogP contribution in [0.15, 0.2) is 4.99 Å². The Morgan fingerprint density at radius 2 is 2.16 bits per heavy atom. The smallest absolute Gasteiger partial charge is 0.221 e. The lowest BCUT2D eigenvalue weighted by atomic mass is 9.90. The van der Waals surface area contributed by atoms with Gasteiger partial charge in [-0.05, 0) is 25.7 Å². The van der Waals surface area contributed by atoms with E-state index in [1.807, 2.05) is 25.6 Å². The quantitative estimate of drug-likeness (QED) is 0.815. The van der Waals surface area contributed by atoms with Crippen LogP contribution >= 0.6 is 11.8 Å². The number of hydrogen-bond donors (Lipinski definition) is 2. The Hall–Kier alpha value is -0.710. The molecule has 1 aliphatic rings. The molecule has 0 aliphatic carbocycles. The van der Waals surface area contributed by atoms with Crippen molar-refractivity contribution < 1.29 is 4.79 Å². The van der Waals surface area contributed by atoms with Crippen LogP contribution in [0, 0.1) is 5.41 Å². The van der Waals surface area contributed by atoms with Crippen molar-refractivity contribution in [2.45, 2.75) is 58.8 Å². The molecule has 0 aromatic rings. The Kier molecular flexibility index (Phi) is 6.17. The molecule has 1 rings (SSSR count). The predicted molar refractivity (Wildman–Crippen MR) is 83.7 cm³/mol. The maximum absolute atomic E-state index is 11.5. The third-order valence-corrected chi connectivity index (χ3v) is 3.78. The number of aliphatic imine (C=N–C) groups is 1. The van der Waals surface area contributed by atoms with E-state index in [-0.39, 0.29) is 11.9 Å². The lowest BCUT2D eigenvalue weighted by Gasteiger charge is -2.21. The lowest BCUT2D eigenvalue weighted by Crippen LogP contribution is -2.33. The third-order valence-electron chi connectivity index (χ3n) is 2.63. The topological polar surface area (TPSA) is 53.5 Å². The van der Waals surface area contributed by atoms with Crippen LogP contribution in [0.2, 0.25) is 0 Å². The molecule has 1 aliphatic heterocycles. The fourth-order valence-corrected chi connectivity index (χ4v) is 3.36. The first-order valence-corrected chi connectivity index (χ1v) is 7.88. The van der Waals surface area contributed by atoms with E-state index in [0.29, 0.717) is 23.6 Å². The van der Waals surface area contributed by atoms with Gasteiger partial charge in [0, 0.05) is 24.3 Å². The SMILES string of the molecule is CC(C)NC(=O)CCNC1=NCC(CC(C)(C)C)S1. The molecular weight excluding hydrogens is 258 g/mol. The molecule has 0 bridgehead atoms. The highest BCUT2D eigenvalue weighted by Gasteiger charge is 2.24. The first-order valence-electron chi connectivity index (χ1n) is 7.00. The van der Waals surface area contributed by atoms with Crippen LogP contribution < -0.4 is 10.6 Å². The first kappa shape index (κ1) is 16.3. The van der Waals surface area contributed by atoms with Crippen LogP contribution in [0.25, 0.3) is 0 Å². The Labute approximate surface area is 121 Å². The maximum Gasteiger partial charge on any atom is 0.221 e. The van der Waals surface area contributed by atoms with Crippen LogP contribution in [0.4, 0.5) is 0 Å². The number of thioether (sulfide) groups is 1. The summed E-state index contributed by atoms with van der Waals surface area (Å²) in [5.74, 6) is 0.0948. The zero-order chi connectivity index (χ0) is 14.5. The average Bonchev–Trinajstić information content (AvgIpc) is 2.61. The van der Waals surface area contributed by atoms with E-state index in [1.54, 1.807) is 0 Å². The monoisotopic (exact) mass is 285 g/mol. The summed E-state index contributed by atoms with van der Waals surface area (Å²) in [7, 11) is 0. The standard InChI is InChI=1S/C14H27N3OS/c1-10(2)17-12(18)6-7-15-13-16-9-11(19-13)8-14(3,4)5/h10-11H,6-9H2,1-5H3,(H,15,16)(H,17,18). The molecule has 4 nitrogen and oxygen atoms in total. The summed E-state index contributed by atoms with van der Waals surface area (Å²) >= 11 is 1.81. The van der Waals surface area contributed by atoms with Crippen LogP contribution in [-0.2, 0) is 4.79 Å². The summed E-state index contributed by atoms with van der Waals surface area (Å²) < 4.78 is 0. The molecule has 1 amide bonds. The van der Waals surface area contributed by atoms with E-state index in [0.717, 1.165) is 11.7 Å². The van der Waals surface area contributed by atoms with Gasteiger partial charge in [0.15, 0.2) is 5.17 Å². The molecule has 1 heterocycles. The average molecular weight is 285 g/mol. The van der Waals surface area contributed by atoms with Gasteiger partial charge in [0.25, 0.3) is 0 Å². The molecule has 1 unspecified atom stereocenters. The van der Waals surface area contributed by atoms with Crippen molar-refractivity contribution in [3.63, 3.8) is 0 Å². The van der Waals surface area contributed by atoms with Crippen molar-refractivity contribution in [1.82, 2.24) is 10.6 Å². The molecule has 1 atom stereocenters. The van der Waals surface area contributed by atoms with Crippen molar-refractivity contribution in [2.75, 3.05) is 13.1 Å². The van der Waals surface area contributed by atoms with Gasteiger partial charge in [0.1, 0.15) is 0 Å². The van der Waals surface area contributed by atoms with Gasteiger partial charge < -0.3 is 10.6 Å². The highest BCUT2D eigenvalue weighted by molar-refractivity contribution is 8.14. The molecule has 2 N–H and O–H groups in total. The van der Waals surface area contributed by atoms with Gasteiger partial charge >= 0.3 is 0 Å². The molecule has 0 spiro atoms. The Bertz CT molecular complexity index is 334. The van der Waals surface area contributed by atoms with Crippen molar-refractivity contribution in [2.24, 2.45) is 10.4 Å². The number of amides is 1. The molecule has 0 radical (unpaired) electrons. The summed E-state index contributed by atoms with van der Waals surface area (Å²) in [6.07, 6.45) is 1.67. The molecule has 0 aromatic heterocycles. The summed E-state index contributed by atoms with van der Waals surface area (Å²) in [6, 6.07) is 0.210. The van der Waals surface area contributed by atoms with E-state index in [4.69, 9.17) is 0 Å². The third kappa shape index (κ3) is 7.45. The van der Waals surface area contributed by atoms with Crippen LogP contribution in [0.5, 0.6) is 0 Å². The largest absolute Gasteiger partial charge is 0.364 e. The Balaban J connectivity index is 2.17. The second kappa shape index (κ2) is 7.17. The Morgan fingerprint density at radius 1 is 1.47 bits per heavy atom. The molecule has 0 saturated heterocycles. The number of carbonyl (C=O) groups is 1. The number of hydrogen-bond acceptors (Lipinski definition) is 4. The highest BCUT2D eigenvalue weighted by Crippen LogP contribution is 2.31.